The smallest absolute Gasteiger partial charge is 0.410 e. The van der Waals surface area contributed by atoms with E-state index in [1.807, 2.05) is 30.3 Å². The van der Waals surface area contributed by atoms with Gasteiger partial charge in [-0.15, -0.1) is 0 Å². The second-order valence-electron chi connectivity index (χ2n) is 6.50. The van der Waals surface area contributed by atoms with Crippen molar-refractivity contribution in [2.75, 3.05) is 26.4 Å². The fourth-order valence-corrected chi connectivity index (χ4v) is 3.48. The van der Waals surface area contributed by atoms with E-state index in [2.05, 4.69) is 0 Å². The number of benzene rings is 1. The molecule has 2 bridgehead atoms. The average molecular weight is 363 g/mol. The summed E-state index contributed by atoms with van der Waals surface area (Å²) in [6.07, 6.45) is 0.833. The molecule has 2 heterocycles. The third kappa shape index (κ3) is 4.74. The summed E-state index contributed by atoms with van der Waals surface area (Å²) in [5.74, 6) is -0.362. The normalized spacial score (nSPS) is 24.8. The first-order valence-corrected chi connectivity index (χ1v) is 9.01. The molecule has 0 radical (unpaired) electrons. The Labute approximate surface area is 153 Å². The number of morpholine rings is 1. The minimum absolute atomic E-state index is 0.0583. The van der Waals surface area contributed by atoms with Crippen LogP contribution in [0.1, 0.15) is 25.3 Å². The van der Waals surface area contributed by atoms with Crippen molar-refractivity contribution < 1.29 is 28.5 Å². The summed E-state index contributed by atoms with van der Waals surface area (Å²) >= 11 is 0. The van der Waals surface area contributed by atoms with Gasteiger partial charge in [0.2, 0.25) is 0 Å². The van der Waals surface area contributed by atoms with E-state index in [1.54, 1.807) is 11.8 Å². The third-order valence-corrected chi connectivity index (χ3v) is 4.64. The molecule has 2 aliphatic rings. The monoisotopic (exact) mass is 363 g/mol. The zero-order chi connectivity index (χ0) is 18.4. The Morgan fingerprint density at radius 1 is 1.12 bits per heavy atom. The predicted molar refractivity (Wildman–Crippen MR) is 92.5 cm³/mol. The Balaban J connectivity index is 1.53. The molecule has 2 aliphatic heterocycles. The van der Waals surface area contributed by atoms with Crippen molar-refractivity contribution in [1.29, 1.82) is 0 Å². The lowest BCUT2D eigenvalue weighted by molar-refractivity contribution is -0.156. The lowest BCUT2D eigenvalue weighted by Crippen LogP contribution is -2.60. The summed E-state index contributed by atoms with van der Waals surface area (Å²) in [6.45, 7) is 3.20. The molecule has 0 aromatic heterocycles. The molecule has 1 amide bonds. The standard InChI is InChI=1S/C19H25NO6/c1-2-24-18(21)13-25-17-8-15-11-23-12-16(9-17)20(15)19(22)26-10-14-6-4-3-5-7-14/h3-7,15-17H,2,8-13H2,1H3. The molecule has 0 aliphatic carbocycles. The minimum atomic E-state index is -0.362. The fraction of sp³-hybridized carbons (Fsp3) is 0.579. The van der Waals surface area contributed by atoms with E-state index in [0.717, 1.165) is 5.56 Å². The molecule has 0 spiro atoms. The van der Waals surface area contributed by atoms with Gasteiger partial charge in [0.05, 0.1) is 38.0 Å². The molecular formula is C19H25NO6. The van der Waals surface area contributed by atoms with Crippen molar-refractivity contribution in [1.82, 2.24) is 4.90 Å². The maximum atomic E-state index is 12.6. The zero-order valence-corrected chi connectivity index (χ0v) is 15.0. The van der Waals surface area contributed by atoms with Crippen molar-refractivity contribution in [2.24, 2.45) is 0 Å². The van der Waals surface area contributed by atoms with Crippen LogP contribution >= 0.6 is 0 Å². The van der Waals surface area contributed by atoms with Gasteiger partial charge in [0, 0.05) is 0 Å². The van der Waals surface area contributed by atoms with Crippen LogP contribution in [0.2, 0.25) is 0 Å². The molecule has 2 atom stereocenters. The number of hydrogen-bond acceptors (Lipinski definition) is 6. The lowest BCUT2D eigenvalue weighted by Gasteiger charge is -2.47. The van der Waals surface area contributed by atoms with Crippen LogP contribution in [-0.4, -0.2) is 61.6 Å². The average Bonchev–Trinajstić information content (AvgIpc) is 2.65. The Hall–Kier alpha value is -2.12. The van der Waals surface area contributed by atoms with Crippen LogP contribution in [0.25, 0.3) is 0 Å². The highest BCUT2D eigenvalue weighted by molar-refractivity contribution is 5.70. The fourth-order valence-electron chi connectivity index (χ4n) is 3.48. The minimum Gasteiger partial charge on any atom is -0.464 e. The van der Waals surface area contributed by atoms with E-state index in [4.69, 9.17) is 18.9 Å². The second kappa shape index (κ2) is 9.00. The van der Waals surface area contributed by atoms with Crippen LogP contribution < -0.4 is 0 Å². The van der Waals surface area contributed by atoms with E-state index < -0.39 is 0 Å². The van der Waals surface area contributed by atoms with Crippen molar-refractivity contribution in [3.05, 3.63) is 35.9 Å². The molecule has 1 aromatic rings. The molecule has 0 N–H and O–H groups in total. The molecule has 1 aromatic carbocycles. The molecule has 7 nitrogen and oxygen atoms in total. The number of carbonyl (C=O) groups is 2. The van der Waals surface area contributed by atoms with Crippen LogP contribution in [0.3, 0.4) is 0 Å². The second-order valence-corrected chi connectivity index (χ2v) is 6.50. The molecule has 26 heavy (non-hydrogen) atoms. The van der Waals surface area contributed by atoms with Crippen molar-refractivity contribution in [3.63, 3.8) is 0 Å². The summed E-state index contributed by atoms with van der Waals surface area (Å²) < 4.78 is 21.7. The molecule has 2 unspecified atom stereocenters. The number of piperidine rings is 1. The molecule has 0 saturated carbocycles. The summed E-state index contributed by atoms with van der Waals surface area (Å²) in [5, 5.41) is 0. The number of nitrogens with zero attached hydrogens (tertiary/aromatic N) is 1. The molecular weight excluding hydrogens is 338 g/mol. The number of ether oxygens (including phenoxy) is 4. The van der Waals surface area contributed by atoms with Gasteiger partial charge >= 0.3 is 12.1 Å². The van der Waals surface area contributed by atoms with Crippen molar-refractivity contribution in [3.8, 4) is 0 Å². The van der Waals surface area contributed by atoms with Crippen LogP contribution in [0.4, 0.5) is 4.79 Å². The predicted octanol–water partition coefficient (Wildman–Crippen LogP) is 2.13. The highest BCUT2D eigenvalue weighted by Gasteiger charge is 2.43. The van der Waals surface area contributed by atoms with Gasteiger partial charge < -0.3 is 18.9 Å². The van der Waals surface area contributed by atoms with Gasteiger partial charge in [0.15, 0.2) is 0 Å². The summed E-state index contributed by atoms with van der Waals surface area (Å²) in [6, 6.07) is 9.40. The number of fused-ring (bicyclic) bond motifs is 2. The maximum Gasteiger partial charge on any atom is 0.410 e. The van der Waals surface area contributed by atoms with Crippen LogP contribution in [0.5, 0.6) is 0 Å². The quantitative estimate of drug-likeness (QED) is 0.721. The third-order valence-electron chi connectivity index (χ3n) is 4.64. The van der Waals surface area contributed by atoms with Crippen LogP contribution in [-0.2, 0) is 30.3 Å². The van der Waals surface area contributed by atoms with Crippen molar-refractivity contribution in [2.45, 2.75) is 44.6 Å². The van der Waals surface area contributed by atoms with E-state index in [1.165, 1.54) is 0 Å². The number of rotatable bonds is 6. The first-order chi connectivity index (χ1) is 12.7. The summed E-state index contributed by atoms with van der Waals surface area (Å²) in [7, 11) is 0. The van der Waals surface area contributed by atoms with E-state index in [9.17, 15) is 9.59 Å². The highest BCUT2D eigenvalue weighted by Crippen LogP contribution is 2.30. The molecule has 142 valence electrons. The maximum absolute atomic E-state index is 12.6. The molecule has 7 heteroatoms. The van der Waals surface area contributed by atoms with Gasteiger partial charge in [0.25, 0.3) is 0 Å². The van der Waals surface area contributed by atoms with Gasteiger partial charge in [-0.05, 0) is 25.3 Å². The highest BCUT2D eigenvalue weighted by atomic mass is 16.6. The number of amides is 1. The van der Waals surface area contributed by atoms with E-state index >= 15 is 0 Å². The zero-order valence-electron chi connectivity index (χ0n) is 15.0. The van der Waals surface area contributed by atoms with Gasteiger partial charge in [-0.1, -0.05) is 30.3 Å². The Kier molecular flexibility index (Phi) is 6.46. The van der Waals surface area contributed by atoms with Crippen LogP contribution in [0.15, 0.2) is 30.3 Å². The molecule has 2 saturated heterocycles. The lowest BCUT2D eigenvalue weighted by atomic mass is 9.92. The number of carbonyl (C=O) groups excluding carboxylic acids is 2. The van der Waals surface area contributed by atoms with Gasteiger partial charge in [-0.25, -0.2) is 9.59 Å². The SMILES string of the molecule is CCOC(=O)COC1CC2COCC(C1)N2C(=O)OCc1ccccc1. The first-order valence-electron chi connectivity index (χ1n) is 9.01. The Morgan fingerprint density at radius 2 is 1.81 bits per heavy atom. The van der Waals surface area contributed by atoms with Crippen LogP contribution in [0, 0.1) is 0 Å². The Bertz CT molecular complexity index is 593. The Morgan fingerprint density at radius 3 is 2.46 bits per heavy atom. The van der Waals surface area contributed by atoms with E-state index in [-0.39, 0.29) is 43.5 Å². The van der Waals surface area contributed by atoms with Crippen molar-refractivity contribution >= 4 is 12.1 Å². The first kappa shape index (κ1) is 18.7. The summed E-state index contributed by atoms with van der Waals surface area (Å²) in [5.41, 5.74) is 0.954. The van der Waals surface area contributed by atoms with Gasteiger partial charge in [0.1, 0.15) is 13.2 Å². The van der Waals surface area contributed by atoms with Gasteiger partial charge in [-0.2, -0.15) is 0 Å². The van der Waals surface area contributed by atoms with Gasteiger partial charge in [-0.3, -0.25) is 4.90 Å². The summed E-state index contributed by atoms with van der Waals surface area (Å²) in [4.78, 5) is 25.8. The van der Waals surface area contributed by atoms with E-state index in [0.29, 0.717) is 32.7 Å². The molecule has 2 fully saturated rings. The topological polar surface area (TPSA) is 74.3 Å². The number of hydrogen-bond donors (Lipinski definition) is 0. The number of esters is 1. The largest absolute Gasteiger partial charge is 0.464 e. The molecule has 3 rings (SSSR count).